The predicted octanol–water partition coefficient (Wildman–Crippen LogP) is 5.27. The van der Waals surface area contributed by atoms with E-state index in [2.05, 4.69) is 19.2 Å². The van der Waals surface area contributed by atoms with Crippen LogP contribution in [0.2, 0.25) is 0 Å². The number of ether oxygens (including phenoxy) is 1. The molecule has 1 amide bonds. The van der Waals surface area contributed by atoms with Gasteiger partial charge >= 0.3 is 0 Å². The van der Waals surface area contributed by atoms with E-state index >= 15 is 0 Å². The Hall–Kier alpha value is -3.32. The molecule has 0 heterocycles. The summed E-state index contributed by atoms with van der Waals surface area (Å²) in [6.07, 6.45) is 0. The molecule has 6 nitrogen and oxygen atoms in total. The van der Waals surface area contributed by atoms with E-state index in [1.807, 2.05) is 32.0 Å². The van der Waals surface area contributed by atoms with E-state index in [-0.39, 0.29) is 23.1 Å². The van der Waals surface area contributed by atoms with E-state index < -0.39 is 15.9 Å². The second-order valence-corrected chi connectivity index (χ2v) is 10.1. The van der Waals surface area contributed by atoms with Crippen molar-refractivity contribution in [3.63, 3.8) is 0 Å². The number of carbonyl (C=O) groups is 1. The molecule has 0 radical (unpaired) electrons. The van der Waals surface area contributed by atoms with Gasteiger partial charge in [0, 0.05) is 5.69 Å². The number of rotatable bonds is 8. The third-order valence-electron chi connectivity index (χ3n) is 5.41. The summed E-state index contributed by atoms with van der Waals surface area (Å²) in [5.41, 5.74) is 3.80. The van der Waals surface area contributed by atoms with Gasteiger partial charge in [-0.05, 0) is 60.7 Å². The van der Waals surface area contributed by atoms with Crippen molar-refractivity contribution in [2.45, 2.75) is 38.5 Å². The van der Waals surface area contributed by atoms with Crippen LogP contribution in [0.5, 0.6) is 5.75 Å². The van der Waals surface area contributed by atoms with E-state index in [0.717, 1.165) is 26.7 Å². The van der Waals surface area contributed by atoms with Crippen molar-refractivity contribution in [3.8, 4) is 5.75 Å². The van der Waals surface area contributed by atoms with Gasteiger partial charge in [0.05, 0.1) is 12.8 Å². The van der Waals surface area contributed by atoms with Crippen molar-refractivity contribution in [1.29, 1.82) is 0 Å². The number of carbonyl (C=O) groups excluding carboxylic acids is 1. The normalized spacial score (nSPS) is 11.3. The number of aryl methyl sites for hydroxylation is 2. The second-order valence-electron chi connectivity index (χ2n) is 8.24. The number of hydrogen-bond acceptors (Lipinski definition) is 4. The third-order valence-corrected chi connectivity index (χ3v) is 7.21. The van der Waals surface area contributed by atoms with Crippen LogP contribution in [0.1, 0.15) is 36.5 Å². The maximum atomic E-state index is 13.8. The summed E-state index contributed by atoms with van der Waals surface area (Å²) in [6, 6.07) is 19.4. The van der Waals surface area contributed by atoms with Crippen molar-refractivity contribution < 1.29 is 17.9 Å². The third kappa shape index (κ3) is 5.37. The number of methoxy groups -OCH3 is 1. The zero-order valence-corrected chi connectivity index (χ0v) is 20.4. The van der Waals surface area contributed by atoms with Crippen molar-refractivity contribution >= 4 is 27.3 Å². The van der Waals surface area contributed by atoms with Gasteiger partial charge in [0.2, 0.25) is 5.91 Å². The van der Waals surface area contributed by atoms with Crippen LogP contribution in [0.4, 0.5) is 11.4 Å². The van der Waals surface area contributed by atoms with Gasteiger partial charge in [0.25, 0.3) is 10.0 Å². The first-order valence-corrected chi connectivity index (χ1v) is 12.2. The smallest absolute Gasteiger partial charge is 0.268 e. The minimum atomic E-state index is -4.10. The van der Waals surface area contributed by atoms with E-state index in [1.165, 1.54) is 7.11 Å². The maximum Gasteiger partial charge on any atom is 0.268 e. The summed E-state index contributed by atoms with van der Waals surface area (Å²) in [5, 5.41) is 2.95. The Morgan fingerprint density at radius 1 is 1.00 bits per heavy atom. The fourth-order valence-corrected chi connectivity index (χ4v) is 5.33. The summed E-state index contributed by atoms with van der Waals surface area (Å²) in [5.74, 6) is -0.00102. The molecule has 3 aromatic carbocycles. The highest BCUT2D eigenvalue weighted by atomic mass is 32.2. The van der Waals surface area contributed by atoms with Gasteiger partial charge in [-0.2, -0.15) is 0 Å². The van der Waals surface area contributed by atoms with Crippen LogP contribution in [0.25, 0.3) is 0 Å². The molecule has 0 fully saturated rings. The molecule has 7 heteroatoms. The molecule has 0 unspecified atom stereocenters. The van der Waals surface area contributed by atoms with E-state index in [1.54, 1.807) is 48.5 Å². The Bertz CT molecular complexity index is 1240. The van der Waals surface area contributed by atoms with Crippen molar-refractivity contribution in [2.24, 2.45) is 0 Å². The number of nitrogens with zero attached hydrogens (tertiary/aromatic N) is 1. The zero-order chi connectivity index (χ0) is 24.2. The molecule has 0 aliphatic heterocycles. The highest BCUT2D eigenvalue weighted by Crippen LogP contribution is 2.31. The Kier molecular flexibility index (Phi) is 7.43. The number of amides is 1. The highest BCUT2D eigenvalue weighted by molar-refractivity contribution is 7.93. The Morgan fingerprint density at radius 3 is 2.33 bits per heavy atom. The fraction of sp³-hybridized carbons (Fsp3) is 0.269. The molecular formula is C26H30N2O4S. The lowest BCUT2D eigenvalue weighted by molar-refractivity contribution is -0.114. The van der Waals surface area contributed by atoms with Crippen LogP contribution in [-0.4, -0.2) is 28.0 Å². The van der Waals surface area contributed by atoms with Crippen LogP contribution in [-0.2, 0) is 14.8 Å². The monoisotopic (exact) mass is 466 g/mol. The zero-order valence-electron chi connectivity index (χ0n) is 19.6. The maximum absolute atomic E-state index is 13.8. The van der Waals surface area contributed by atoms with Crippen LogP contribution < -0.4 is 14.4 Å². The summed E-state index contributed by atoms with van der Waals surface area (Å²) in [7, 11) is -2.67. The second kappa shape index (κ2) is 10.1. The van der Waals surface area contributed by atoms with Gasteiger partial charge in [0.15, 0.2) is 0 Å². The molecule has 0 aromatic heterocycles. The lowest BCUT2D eigenvalue weighted by Gasteiger charge is -2.25. The largest absolute Gasteiger partial charge is 0.495 e. The minimum Gasteiger partial charge on any atom is -0.495 e. The average molecular weight is 467 g/mol. The molecule has 3 rings (SSSR count). The number of para-hydroxylation sites is 2. The fourth-order valence-electron chi connectivity index (χ4n) is 3.67. The highest BCUT2D eigenvalue weighted by Gasteiger charge is 2.30. The van der Waals surface area contributed by atoms with E-state index in [4.69, 9.17) is 4.74 Å². The van der Waals surface area contributed by atoms with Gasteiger partial charge in [-0.3, -0.25) is 9.10 Å². The van der Waals surface area contributed by atoms with Crippen molar-refractivity contribution in [2.75, 3.05) is 23.3 Å². The van der Waals surface area contributed by atoms with Crippen LogP contribution >= 0.6 is 0 Å². The molecule has 3 aromatic rings. The number of benzene rings is 3. The van der Waals surface area contributed by atoms with Gasteiger partial charge in [-0.15, -0.1) is 0 Å². The lowest BCUT2D eigenvalue weighted by atomic mass is 9.98. The van der Waals surface area contributed by atoms with Gasteiger partial charge in [0.1, 0.15) is 17.2 Å². The lowest BCUT2D eigenvalue weighted by Crippen LogP contribution is -2.38. The van der Waals surface area contributed by atoms with Crippen LogP contribution in [0.3, 0.4) is 0 Å². The van der Waals surface area contributed by atoms with E-state index in [0.29, 0.717) is 5.69 Å². The standard InChI is InChI=1S/C26H30N2O4S/c1-18(2)22-13-9-10-20(4)26(22)27-25(29)17-28(21-11-7-6-8-12-21)33(30,31)24-16-19(3)14-15-23(24)32-5/h6-16,18H,17H2,1-5H3,(H,27,29). The molecule has 0 aliphatic carbocycles. The molecule has 0 spiro atoms. The topological polar surface area (TPSA) is 75.7 Å². The van der Waals surface area contributed by atoms with E-state index in [9.17, 15) is 13.2 Å². The molecule has 0 aliphatic rings. The Morgan fingerprint density at radius 2 is 1.70 bits per heavy atom. The predicted molar refractivity (Wildman–Crippen MR) is 133 cm³/mol. The summed E-state index contributed by atoms with van der Waals surface area (Å²) < 4.78 is 34.0. The number of sulfonamides is 1. The molecule has 33 heavy (non-hydrogen) atoms. The summed E-state index contributed by atoms with van der Waals surface area (Å²) in [4.78, 5) is 13.2. The average Bonchev–Trinajstić information content (AvgIpc) is 2.79. The van der Waals surface area contributed by atoms with Gasteiger partial charge < -0.3 is 10.1 Å². The molecule has 1 N–H and O–H groups in total. The van der Waals surface area contributed by atoms with Crippen molar-refractivity contribution in [1.82, 2.24) is 0 Å². The minimum absolute atomic E-state index is 0.0143. The summed E-state index contributed by atoms with van der Waals surface area (Å²) in [6.45, 7) is 7.45. The SMILES string of the molecule is COc1ccc(C)cc1S(=O)(=O)N(CC(=O)Nc1c(C)cccc1C(C)C)c1ccccc1. The molecule has 0 saturated heterocycles. The first kappa shape index (κ1) is 24.3. The molecule has 0 bridgehead atoms. The number of anilines is 2. The van der Waals surface area contributed by atoms with Gasteiger partial charge in [-0.1, -0.05) is 56.3 Å². The first-order valence-electron chi connectivity index (χ1n) is 10.8. The Labute approximate surface area is 196 Å². The molecule has 0 saturated carbocycles. The number of hydrogen-bond donors (Lipinski definition) is 1. The molecular weight excluding hydrogens is 436 g/mol. The van der Waals surface area contributed by atoms with Crippen LogP contribution in [0, 0.1) is 13.8 Å². The van der Waals surface area contributed by atoms with Crippen LogP contribution in [0.15, 0.2) is 71.6 Å². The number of nitrogens with one attached hydrogen (secondary N) is 1. The quantitative estimate of drug-likeness (QED) is 0.491. The molecule has 0 atom stereocenters. The van der Waals surface area contributed by atoms with Gasteiger partial charge in [-0.25, -0.2) is 8.42 Å². The molecule has 174 valence electrons. The Balaban J connectivity index is 2.02. The summed E-state index contributed by atoms with van der Waals surface area (Å²) >= 11 is 0. The first-order chi connectivity index (χ1) is 15.6. The van der Waals surface area contributed by atoms with Crippen molar-refractivity contribution in [3.05, 3.63) is 83.4 Å².